The summed E-state index contributed by atoms with van der Waals surface area (Å²) >= 11 is 0. The van der Waals surface area contributed by atoms with E-state index >= 15 is 0 Å². The predicted octanol–water partition coefficient (Wildman–Crippen LogP) is 3.82. The summed E-state index contributed by atoms with van der Waals surface area (Å²) in [5.41, 5.74) is 1.37. The van der Waals surface area contributed by atoms with Crippen molar-refractivity contribution in [3.8, 4) is 5.75 Å². The molecule has 1 fully saturated rings. The van der Waals surface area contributed by atoms with Gasteiger partial charge in [0, 0.05) is 37.4 Å². The van der Waals surface area contributed by atoms with Gasteiger partial charge in [-0.15, -0.1) is 0 Å². The number of rotatable bonds is 7. The summed E-state index contributed by atoms with van der Waals surface area (Å²) in [5, 5.41) is 0.226. The molecule has 0 atom stereocenters. The summed E-state index contributed by atoms with van der Waals surface area (Å²) in [4.78, 5) is 46.7. The van der Waals surface area contributed by atoms with Gasteiger partial charge >= 0.3 is 0 Å². The minimum absolute atomic E-state index is 0.0386. The maximum Gasteiger partial charge on any atom is 0.258 e. The minimum atomic E-state index is -0.467. The quantitative estimate of drug-likeness (QED) is 0.536. The fourth-order valence-corrected chi connectivity index (χ4v) is 4.48. The second-order valence-electron chi connectivity index (χ2n) is 8.73. The van der Waals surface area contributed by atoms with E-state index in [0.29, 0.717) is 73.4 Å². The van der Waals surface area contributed by atoms with Gasteiger partial charge in [0.05, 0.1) is 18.0 Å². The van der Waals surface area contributed by atoms with Crippen LogP contribution in [0.5, 0.6) is 5.75 Å². The van der Waals surface area contributed by atoms with E-state index in [4.69, 9.17) is 4.74 Å². The number of carbonyl (C=O) groups excluding carboxylic acids is 2. The molecule has 1 aliphatic rings. The molecule has 34 heavy (non-hydrogen) atoms. The number of ketones is 1. The normalized spacial score (nSPS) is 14.4. The van der Waals surface area contributed by atoms with Crippen molar-refractivity contribution >= 4 is 22.6 Å². The van der Waals surface area contributed by atoms with Gasteiger partial charge in [-0.3, -0.25) is 14.4 Å². The number of fused-ring (bicyclic) bond motifs is 1. The second-order valence-corrected chi connectivity index (χ2v) is 8.73. The number of piperidine rings is 1. The molecular formula is C26H28FN3O4. The van der Waals surface area contributed by atoms with Gasteiger partial charge in [0.1, 0.15) is 17.4 Å². The molecule has 1 amide bonds. The molecule has 0 aliphatic carbocycles. The Morgan fingerprint density at radius 3 is 2.56 bits per heavy atom. The summed E-state index contributed by atoms with van der Waals surface area (Å²) in [6.45, 7) is 2.83. The zero-order valence-electron chi connectivity index (χ0n) is 19.4. The molecular weight excluding hydrogens is 437 g/mol. The van der Waals surface area contributed by atoms with Gasteiger partial charge in [0.25, 0.3) is 5.56 Å². The van der Waals surface area contributed by atoms with Crippen LogP contribution in [0.15, 0.2) is 41.2 Å². The molecule has 7 nitrogen and oxygen atoms in total. The van der Waals surface area contributed by atoms with E-state index in [1.807, 2.05) is 0 Å². The number of ether oxygens (including phenoxy) is 1. The van der Waals surface area contributed by atoms with Crippen LogP contribution >= 0.6 is 0 Å². The molecule has 1 saturated heterocycles. The molecule has 2 aromatic carbocycles. The monoisotopic (exact) mass is 465 g/mol. The van der Waals surface area contributed by atoms with Crippen LogP contribution in [-0.4, -0.2) is 46.8 Å². The largest absolute Gasteiger partial charge is 0.497 e. The van der Waals surface area contributed by atoms with Gasteiger partial charge in [-0.1, -0.05) is 0 Å². The summed E-state index contributed by atoms with van der Waals surface area (Å²) in [7, 11) is 1.59. The van der Waals surface area contributed by atoms with E-state index in [1.54, 1.807) is 43.2 Å². The highest BCUT2D eigenvalue weighted by Gasteiger charge is 2.27. The molecule has 1 aromatic heterocycles. The lowest BCUT2D eigenvalue weighted by atomic mass is 9.88. The van der Waals surface area contributed by atoms with Crippen molar-refractivity contribution in [3.05, 3.63) is 69.5 Å². The van der Waals surface area contributed by atoms with E-state index in [0.717, 1.165) is 0 Å². The molecule has 0 bridgehead atoms. The van der Waals surface area contributed by atoms with Crippen LogP contribution in [-0.2, 0) is 11.2 Å². The maximum atomic E-state index is 13.6. The molecule has 0 radical (unpaired) electrons. The number of benzene rings is 2. The highest BCUT2D eigenvalue weighted by atomic mass is 19.1. The first kappa shape index (κ1) is 23.6. The number of methoxy groups -OCH3 is 1. The number of hydrogen-bond acceptors (Lipinski definition) is 5. The van der Waals surface area contributed by atoms with Crippen LogP contribution in [0.4, 0.5) is 4.39 Å². The molecule has 0 spiro atoms. The van der Waals surface area contributed by atoms with Crippen molar-refractivity contribution in [3.63, 3.8) is 0 Å². The Bertz CT molecular complexity index is 1260. The zero-order chi connectivity index (χ0) is 24.2. The molecule has 0 unspecified atom stereocenters. The van der Waals surface area contributed by atoms with Gasteiger partial charge in [0.2, 0.25) is 5.91 Å². The van der Waals surface area contributed by atoms with Crippen LogP contribution in [0.25, 0.3) is 10.9 Å². The van der Waals surface area contributed by atoms with Crippen LogP contribution < -0.4 is 10.3 Å². The molecule has 1 aliphatic heterocycles. The van der Waals surface area contributed by atoms with Crippen molar-refractivity contribution < 1.29 is 18.7 Å². The van der Waals surface area contributed by atoms with E-state index in [2.05, 4.69) is 9.97 Å². The number of carbonyl (C=O) groups is 2. The number of aromatic nitrogens is 2. The van der Waals surface area contributed by atoms with Gasteiger partial charge in [-0.05, 0) is 68.1 Å². The lowest BCUT2D eigenvalue weighted by molar-refractivity contribution is -0.132. The summed E-state index contributed by atoms with van der Waals surface area (Å²) in [5.74, 6) is 0.795. The molecule has 1 N–H and O–H groups in total. The van der Waals surface area contributed by atoms with Crippen molar-refractivity contribution in [1.29, 1.82) is 0 Å². The minimum Gasteiger partial charge on any atom is -0.497 e. The molecule has 178 valence electrons. The Morgan fingerprint density at radius 2 is 1.88 bits per heavy atom. The van der Waals surface area contributed by atoms with Crippen LogP contribution in [0.3, 0.4) is 0 Å². The smallest absolute Gasteiger partial charge is 0.258 e. The average Bonchev–Trinajstić information content (AvgIpc) is 2.84. The van der Waals surface area contributed by atoms with Gasteiger partial charge < -0.3 is 14.6 Å². The number of Topliss-reactive ketones (excluding diaryl/α,β-unsaturated/α-hetero) is 1. The SMILES string of the molecule is COc1ccc(C(=O)C2CCN(C(=O)CCCc3nc4c(C)cc(F)cc4c(=O)[nH]3)CC2)cc1. The number of amides is 1. The first-order chi connectivity index (χ1) is 16.4. The lowest BCUT2D eigenvalue weighted by Crippen LogP contribution is -2.40. The first-order valence-corrected chi connectivity index (χ1v) is 11.5. The van der Waals surface area contributed by atoms with E-state index in [1.165, 1.54) is 12.1 Å². The Hall–Kier alpha value is -3.55. The number of nitrogens with zero attached hydrogens (tertiary/aromatic N) is 2. The number of likely N-dealkylation sites (tertiary alicyclic amines) is 1. The number of H-pyrrole nitrogens is 1. The van der Waals surface area contributed by atoms with Crippen LogP contribution in [0.1, 0.15) is 47.4 Å². The Balaban J connectivity index is 1.28. The predicted molar refractivity (Wildman–Crippen MR) is 127 cm³/mol. The highest BCUT2D eigenvalue weighted by molar-refractivity contribution is 5.98. The van der Waals surface area contributed by atoms with Gasteiger partial charge in [-0.2, -0.15) is 0 Å². The summed E-state index contributed by atoms with van der Waals surface area (Å²) in [6, 6.07) is 9.66. The first-order valence-electron chi connectivity index (χ1n) is 11.5. The maximum absolute atomic E-state index is 13.6. The third kappa shape index (κ3) is 5.16. The lowest BCUT2D eigenvalue weighted by Gasteiger charge is -2.31. The topological polar surface area (TPSA) is 92.4 Å². The Labute approximate surface area is 197 Å². The fourth-order valence-electron chi connectivity index (χ4n) is 4.48. The molecule has 0 saturated carbocycles. The average molecular weight is 466 g/mol. The number of aromatic amines is 1. The standard InChI is InChI=1S/C26H28FN3O4/c1-16-14-19(27)15-21-24(16)28-22(29-26(21)33)4-3-5-23(31)30-12-10-18(11-13-30)25(32)17-6-8-20(34-2)9-7-17/h6-9,14-15,18H,3-5,10-13H2,1-2H3,(H,28,29,33). The van der Waals surface area contributed by atoms with Crippen LogP contribution in [0, 0.1) is 18.7 Å². The number of hydrogen-bond donors (Lipinski definition) is 1. The molecule has 8 heteroatoms. The van der Waals surface area contributed by atoms with Crippen molar-refractivity contribution in [1.82, 2.24) is 14.9 Å². The fraction of sp³-hybridized carbons (Fsp3) is 0.385. The van der Waals surface area contributed by atoms with Crippen molar-refractivity contribution in [2.45, 2.75) is 39.0 Å². The zero-order valence-corrected chi connectivity index (χ0v) is 19.4. The van der Waals surface area contributed by atoms with E-state index in [-0.39, 0.29) is 28.6 Å². The molecule has 4 rings (SSSR count). The van der Waals surface area contributed by atoms with Gasteiger partial charge in [-0.25, -0.2) is 9.37 Å². The number of aryl methyl sites for hydroxylation is 2. The van der Waals surface area contributed by atoms with Crippen molar-refractivity contribution in [2.75, 3.05) is 20.2 Å². The third-order valence-corrected chi connectivity index (χ3v) is 6.41. The Morgan fingerprint density at radius 1 is 1.18 bits per heavy atom. The third-order valence-electron chi connectivity index (χ3n) is 6.41. The van der Waals surface area contributed by atoms with E-state index in [9.17, 15) is 18.8 Å². The highest BCUT2D eigenvalue weighted by Crippen LogP contribution is 2.24. The van der Waals surface area contributed by atoms with Crippen LogP contribution in [0.2, 0.25) is 0 Å². The Kier molecular flexibility index (Phi) is 7.05. The number of nitrogens with one attached hydrogen (secondary N) is 1. The number of halogens is 1. The summed E-state index contributed by atoms with van der Waals surface area (Å²) < 4.78 is 18.7. The summed E-state index contributed by atoms with van der Waals surface area (Å²) in [6.07, 6.45) is 2.61. The van der Waals surface area contributed by atoms with Gasteiger partial charge in [0.15, 0.2) is 5.78 Å². The molecule has 2 heterocycles. The second kappa shape index (κ2) is 10.2. The van der Waals surface area contributed by atoms with E-state index < -0.39 is 5.82 Å². The molecule has 3 aromatic rings. The van der Waals surface area contributed by atoms with Crippen molar-refractivity contribution in [2.24, 2.45) is 5.92 Å².